The number of benzene rings is 1. The highest BCUT2D eigenvalue weighted by atomic mass is 16.5. The molecule has 24 heavy (non-hydrogen) atoms. The summed E-state index contributed by atoms with van der Waals surface area (Å²) in [7, 11) is 0. The third-order valence-corrected chi connectivity index (χ3v) is 3.93. The van der Waals surface area contributed by atoms with Crippen LogP contribution in [0.1, 0.15) is 34.7 Å². The average molecular weight is 326 g/mol. The lowest BCUT2D eigenvalue weighted by Crippen LogP contribution is -2.42. The fourth-order valence-corrected chi connectivity index (χ4v) is 2.70. The van der Waals surface area contributed by atoms with Crippen LogP contribution < -0.4 is 4.74 Å². The number of hydrogen-bond donors (Lipinski definition) is 1. The fourth-order valence-electron chi connectivity index (χ4n) is 2.70. The summed E-state index contributed by atoms with van der Waals surface area (Å²) in [4.78, 5) is 14.0. The summed E-state index contributed by atoms with van der Waals surface area (Å²) in [5, 5.41) is 18.7. The van der Waals surface area contributed by atoms with Gasteiger partial charge in [-0.1, -0.05) is 12.1 Å². The molecule has 124 valence electrons. The molecule has 1 unspecified atom stereocenters. The van der Waals surface area contributed by atoms with Crippen LogP contribution in [0.25, 0.3) is 0 Å². The van der Waals surface area contributed by atoms with E-state index in [4.69, 9.17) is 14.4 Å². The minimum absolute atomic E-state index is 0.134. The van der Waals surface area contributed by atoms with Crippen molar-refractivity contribution in [2.75, 3.05) is 13.1 Å². The number of likely N-dealkylation sites (tertiary alicyclic amines) is 1. The van der Waals surface area contributed by atoms with Crippen molar-refractivity contribution in [3.8, 4) is 11.8 Å². The van der Waals surface area contributed by atoms with Crippen LogP contribution in [0, 0.1) is 11.3 Å². The molecule has 1 amide bonds. The van der Waals surface area contributed by atoms with Crippen molar-refractivity contribution in [3.63, 3.8) is 0 Å². The molecule has 0 bridgehead atoms. The van der Waals surface area contributed by atoms with Crippen LogP contribution in [0.4, 0.5) is 0 Å². The van der Waals surface area contributed by atoms with E-state index >= 15 is 0 Å². The van der Waals surface area contributed by atoms with Gasteiger partial charge in [-0.3, -0.25) is 4.79 Å². The van der Waals surface area contributed by atoms with Gasteiger partial charge in [0.15, 0.2) is 5.76 Å². The minimum Gasteiger partial charge on any atom is -0.484 e. The predicted octanol–water partition coefficient (Wildman–Crippen LogP) is 2.33. The molecule has 0 saturated carbocycles. The highest BCUT2D eigenvalue weighted by Gasteiger charge is 2.25. The van der Waals surface area contributed by atoms with E-state index in [1.165, 1.54) is 0 Å². The third kappa shape index (κ3) is 3.58. The predicted molar refractivity (Wildman–Crippen MR) is 85.3 cm³/mol. The molecule has 1 fully saturated rings. The summed E-state index contributed by atoms with van der Waals surface area (Å²) < 4.78 is 11.1. The number of amides is 1. The van der Waals surface area contributed by atoms with Crippen molar-refractivity contribution in [1.29, 1.82) is 5.26 Å². The number of carbonyl (C=O) groups excluding carboxylic acids is 1. The highest BCUT2D eigenvalue weighted by Crippen LogP contribution is 2.20. The van der Waals surface area contributed by atoms with Gasteiger partial charge in [-0.05, 0) is 37.1 Å². The molecule has 1 aliphatic rings. The molecule has 1 aliphatic heterocycles. The van der Waals surface area contributed by atoms with Crippen molar-refractivity contribution >= 4 is 5.91 Å². The number of β-amino-alcohol motifs (C(OH)–C–C–N with tert-alkyl or cyclic N) is 1. The zero-order chi connectivity index (χ0) is 16.9. The molecule has 0 radical (unpaired) electrons. The van der Waals surface area contributed by atoms with Gasteiger partial charge in [0, 0.05) is 13.1 Å². The highest BCUT2D eigenvalue weighted by molar-refractivity contribution is 5.91. The lowest BCUT2D eigenvalue weighted by molar-refractivity contribution is 0.0445. The molecule has 1 aromatic heterocycles. The Hall–Kier alpha value is -2.78. The lowest BCUT2D eigenvalue weighted by atomic mass is 10.1. The number of aliphatic hydroxyl groups is 1. The number of rotatable bonds is 4. The van der Waals surface area contributed by atoms with Gasteiger partial charge in [-0.25, -0.2) is 0 Å². The normalized spacial score (nSPS) is 17.3. The van der Waals surface area contributed by atoms with E-state index in [0.29, 0.717) is 30.2 Å². The van der Waals surface area contributed by atoms with Crippen LogP contribution in [0.5, 0.6) is 5.75 Å². The van der Waals surface area contributed by atoms with Crippen molar-refractivity contribution in [1.82, 2.24) is 4.90 Å². The maximum atomic E-state index is 12.4. The van der Waals surface area contributed by atoms with Crippen molar-refractivity contribution in [3.05, 3.63) is 53.5 Å². The Kier molecular flexibility index (Phi) is 4.82. The van der Waals surface area contributed by atoms with E-state index in [0.717, 1.165) is 12.8 Å². The first-order valence-electron chi connectivity index (χ1n) is 7.85. The van der Waals surface area contributed by atoms with Gasteiger partial charge in [0.1, 0.15) is 24.2 Å². The number of nitrogens with zero attached hydrogens (tertiary/aromatic N) is 2. The second-order valence-corrected chi connectivity index (χ2v) is 5.71. The Balaban J connectivity index is 1.63. The van der Waals surface area contributed by atoms with Crippen LogP contribution in [0.3, 0.4) is 0 Å². The van der Waals surface area contributed by atoms with Gasteiger partial charge in [0.2, 0.25) is 0 Å². The number of nitriles is 1. The summed E-state index contributed by atoms with van der Waals surface area (Å²) in [5.41, 5.74) is 0.447. The van der Waals surface area contributed by atoms with Crippen molar-refractivity contribution in [2.45, 2.75) is 25.6 Å². The van der Waals surface area contributed by atoms with E-state index in [1.54, 1.807) is 41.3 Å². The summed E-state index contributed by atoms with van der Waals surface area (Å²) in [6, 6.07) is 12.3. The van der Waals surface area contributed by atoms with Gasteiger partial charge in [0.05, 0.1) is 11.7 Å². The number of carbonyl (C=O) groups is 1. The van der Waals surface area contributed by atoms with Crippen LogP contribution in [-0.4, -0.2) is 35.1 Å². The largest absolute Gasteiger partial charge is 0.484 e. The van der Waals surface area contributed by atoms with Crippen molar-refractivity contribution < 1.29 is 19.1 Å². The van der Waals surface area contributed by atoms with Gasteiger partial charge >= 0.3 is 0 Å². The molecule has 0 spiro atoms. The maximum Gasteiger partial charge on any atom is 0.289 e. The molecule has 3 rings (SSSR count). The van der Waals surface area contributed by atoms with Crippen LogP contribution in [0.15, 0.2) is 40.8 Å². The summed E-state index contributed by atoms with van der Waals surface area (Å²) >= 11 is 0. The molecule has 1 atom stereocenters. The first kappa shape index (κ1) is 16.1. The minimum atomic E-state index is -0.469. The molecular weight excluding hydrogens is 308 g/mol. The number of ether oxygens (including phenoxy) is 1. The Morgan fingerprint density at radius 2 is 2.21 bits per heavy atom. The van der Waals surface area contributed by atoms with Crippen LogP contribution >= 0.6 is 0 Å². The Bertz CT molecular complexity index is 762. The number of para-hydroxylation sites is 1. The zero-order valence-corrected chi connectivity index (χ0v) is 13.1. The van der Waals surface area contributed by atoms with Gasteiger partial charge in [-0.15, -0.1) is 0 Å². The molecule has 1 saturated heterocycles. The molecule has 0 aliphatic carbocycles. The number of piperidine rings is 1. The topological polar surface area (TPSA) is 86.7 Å². The molecule has 6 heteroatoms. The fraction of sp³-hybridized carbons (Fsp3) is 0.333. The molecule has 2 aromatic rings. The lowest BCUT2D eigenvalue weighted by Gasteiger charge is -2.29. The summed E-state index contributed by atoms with van der Waals surface area (Å²) in [6.45, 7) is 1.09. The number of aliphatic hydroxyl groups excluding tert-OH is 1. The quantitative estimate of drug-likeness (QED) is 0.932. The Morgan fingerprint density at radius 1 is 1.38 bits per heavy atom. The third-order valence-electron chi connectivity index (χ3n) is 3.93. The molecule has 6 nitrogen and oxygen atoms in total. The summed E-state index contributed by atoms with van der Waals surface area (Å²) in [6.07, 6.45) is 1.04. The van der Waals surface area contributed by atoms with E-state index in [9.17, 15) is 9.90 Å². The van der Waals surface area contributed by atoms with E-state index < -0.39 is 6.10 Å². The van der Waals surface area contributed by atoms with E-state index in [-0.39, 0.29) is 18.3 Å². The second kappa shape index (κ2) is 7.20. The first-order valence-corrected chi connectivity index (χ1v) is 7.85. The van der Waals surface area contributed by atoms with Gasteiger partial charge in [-0.2, -0.15) is 5.26 Å². The van der Waals surface area contributed by atoms with Crippen molar-refractivity contribution in [2.24, 2.45) is 0 Å². The van der Waals surface area contributed by atoms with Crippen LogP contribution in [0.2, 0.25) is 0 Å². The van der Waals surface area contributed by atoms with Gasteiger partial charge in [0.25, 0.3) is 5.91 Å². The molecule has 1 aromatic carbocycles. The van der Waals surface area contributed by atoms with Gasteiger partial charge < -0.3 is 19.2 Å². The maximum absolute atomic E-state index is 12.4. The summed E-state index contributed by atoms with van der Waals surface area (Å²) in [5.74, 6) is 0.987. The molecular formula is C18H18N2O4. The second-order valence-electron chi connectivity index (χ2n) is 5.71. The Morgan fingerprint density at radius 3 is 3.00 bits per heavy atom. The smallest absolute Gasteiger partial charge is 0.289 e. The first-order chi connectivity index (χ1) is 11.7. The monoisotopic (exact) mass is 326 g/mol. The molecule has 1 N–H and O–H groups in total. The SMILES string of the molecule is N#Cc1ccccc1OCc1ccc(C(=O)N2CCCC(O)C2)o1. The van der Waals surface area contributed by atoms with Crippen LogP contribution in [-0.2, 0) is 6.61 Å². The number of hydrogen-bond acceptors (Lipinski definition) is 5. The molecule has 2 heterocycles. The van der Waals surface area contributed by atoms with E-state index in [1.807, 2.05) is 0 Å². The Labute approximate surface area is 139 Å². The zero-order valence-electron chi connectivity index (χ0n) is 13.1. The number of furan rings is 1. The average Bonchev–Trinajstić information content (AvgIpc) is 3.08. The standard InChI is InChI=1S/C18H18N2O4/c19-10-13-4-1-2-6-16(13)23-12-15-7-8-17(24-15)18(22)20-9-3-5-14(21)11-20/h1-2,4,6-8,14,21H,3,5,9,11-12H2. The van der Waals surface area contributed by atoms with E-state index in [2.05, 4.69) is 6.07 Å².